The van der Waals surface area contributed by atoms with Crippen molar-refractivity contribution in [2.75, 3.05) is 13.2 Å². The molecule has 0 aromatic heterocycles. The Morgan fingerprint density at radius 3 is 2.67 bits per heavy atom. The Kier molecular flexibility index (Phi) is 1.33. The third kappa shape index (κ3) is 0.854. The van der Waals surface area contributed by atoms with E-state index in [1.807, 2.05) is 0 Å². The number of halogens is 1. The Morgan fingerprint density at radius 2 is 2.50 bits per heavy atom. The molecule has 1 fully saturated rings. The second kappa shape index (κ2) is 1.80. The molecular formula is C4H7ClO. The Hall–Kier alpha value is 0.250. The first-order chi connectivity index (χ1) is 2.89. The van der Waals surface area contributed by atoms with Crippen LogP contribution in [0.2, 0.25) is 0 Å². The zero-order valence-corrected chi connectivity index (χ0v) is 4.24. The molecular weight excluding hydrogens is 99.5 g/mol. The minimum Gasteiger partial charge on any atom is -0.380 e. The second-order valence-electron chi connectivity index (χ2n) is 1.46. The summed E-state index contributed by atoms with van der Waals surface area (Å²) in [5.74, 6) is 0. The van der Waals surface area contributed by atoms with Gasteiger partial charge in [-0.1, -0.05) is 0 Å². The van der Waals surface area contributed by atoms with Crippen LogP contribution in [0.1, 0.15) is 6.42 Å². The van der Waals surface area contributed by atoms with Gasteiger partial charge in [0.15, 0.2) is 0 Å². The largest absolute Gasteiger partial charge is 0.380 e. The molecule has 2 heteroatoms. The summed E-state index contributed by atoms with van der Waals surface area (Å²) >= 11 is 5.59. The molecule has 36 valence electrons. The molecule has 0 radical (unpaired) electrons. The van der Waals surface area contributed by atoms with E-state index in [9.17, 15) is 0 Å². The third-order valence-electron chi connectivity index (χ3n) is 0.874. The van der Waals surface area contributed by atoms with Crippen LogP contribution in [0.3, 0.4) is 0 Å². The minimum absolute atomic E-state index is 0.296. The second-order valence-corrected chi connectivity index (χ2v) is 2.08. The molecule has 1 nitrogen and oxygen atoms in total. The van der Waals surface area contributed by atoms with Gasteiger partial charge in [0.25, 0.3) is 0 Å². The summed E-state index contributed by atoms with van der Waals surface area (Å²) in [6.07, 6.45) is 1.03. The van der Waals surface area contributed by atoms with Crippen LogP contribution < -0.4 is 0 Å². The SMILES string of the molecule is Cl[C@@H]1CCOC1. The molecule has 0 amide bonds. The molecule has 6 heavy (non-hydrogen) atoms. The van der Waals surface area contributed by atoms with Crippen molar-refractivity contribution in [1.29, 1.82) is 0 Å². The highest BCUT2D eigenvalue weighted by atomic mass is 35.5. The summed E-state index contributed by atoms with van der Waals surface area (Å²) in [4.78, 5) is 0. The maximum Gasteiger partial charge on any atom is 0.0630 e. The van der Waals surface area contributed by atoms with Crippen LogP contribution in [0.5, 0.6) is 0 Å². The molecule has 0 spiro atoms. The van der Waals surface area contributed by atoms with Gasteiger partial charge in [-0.05, 0) is 6.42 Å². The van der Waals surface area contributed by atoms with Crippen LogP contribution in [0.15, 0.2) is 0 Å². The van der Waals surface area contributed by atoms with Gasteiger partial charge in [0, 0.05) is 6.61 Å². The molecule has 1 heterocycles. The quantitative estimate of drug-likeness (QED) is 0.419. The zero-order valence-electron chi connectivity index (χ0n) is 3.48. The normalized spacial score (nSPS) is 34.5. The number of ether oxygens (including phenoxy) is 1. The van der Waals surface area contributed by atoms with Crippen molar-refractivity contribution in [2.24, 2.45) is 0 Å². The fourth-order valence-corrected chi connectivity index (χ4v) is 0.684. The molecule has 0 aromatic rings. The maximum atomic E-state index is 5.59. The van der Waals surface area contributed by atoms with Crippen molar-refractivity contribution in [3.05, 3.63) is 0 Å². The van der Waals surface area contributed by atoms with Gasteiger partial charge in [-0.3, -0.25) is 0 Å². The Morgan fingerprint density at radius 1 is 1.67 bits per heavy atom. The molecule has 1 atom stereocenters. The Balaban J connectivity index is 2.18. The highest BCUT2D eigenvalue weighted by Crippen LogP contribution is 2.08. The number of hydrogen-bond donors (Lipinski definition) is 0. The standard InChI is InChI=1S/C4H7ClO/c5-4-1-2-6-3-4/h4H,1-3H2/t4-/m1/s1. The third-order valence-corrected chi connectivity index (χ3v) is 1.22. The first-order valence-corrected chi connectivity index (χ1v) is 2.55. The first-order valence-electron chi connectivity index (χ1n) is 2.11. The predicted octanol–water partition coefficient (Wildman–Crippen LogP) is 1.01. The Labute approximate surface area is 42.2 Å². The smallest absolute Gasteiger partial charge is 0.0630 e. The maximum absolute atomic E-state index is 5.59. The van der Waals surface area contributed by atoms with Crippen LogP contribution in [0, 0.1) is 0 Å². The van der Waals surface area contributed by atoms with Gasteiger partial charge < -0.3 is 4.74 Å². The topological polar surface area (TPSA) is 9.23 Å². The molecule has 0 aliphatic carbocycles. The Bertz CT molecular complexity index is 40.8. The summed E-state index contributed by atoms with van der Waals surface area (Å²) in [7, 11) is 0. The van der Waals surface area contributed by atoms with Gasteiger partial charge in [-0.2, -0.15) is 0 Å². The van der Waals surface area contributed by atoms with Crippen LogP contribution in [-0.4, -0.2) is 18.6 Å². The van der Waals surface area contributed by atoms with Gasteiger partial charge in [-0.15, -0.1) is 11.6 Å². The molecule has 1 saturated heterocycles. The monoisotopic (exact) mass is 106 g/mol. The summed E-state index contributed by atoms with van der Waals surface area (Å²) in [5.41, 5.74) is 0. The van der Waals surface area contributed by atoms with E-state index in [0.29, 0.717) is 5.38 Å². The average Bonchev–Trinajstić information content (AvgIpc) is 1.86. The predicted molar refractivity (Wildman–Crippen MR) is 25.1 cm³/mol. The summed E-state index contributed by atoms with van der Waals surface area (Å²) in [6.45, 7) is 1.61. The van der Waals surface area contributed by atoms with Crippen molar-refractivity contribution in [3.8, 4) is 0 Å². The van der Waals surface area contributed by atoms with Gasteiger partial charge in [0.1, 0.15) is 0 Å². The molecule has 0 N–H and O–H groups in total. The summed E-state index contributed by atoms with van der Waals surface area (Å²) in [6, 6.07) is 0. The lowest BCUT2D eigenvalue weighted by Crippen LogP contribution is -1.92. The number of alkyl halides is 1. The molecule has 0 unspecified atom stereocenters. The van der Waals surface area contributed by atoms with Crippen LogP contribution in [0.25, 0.3) is 0 Å². The van der Waals surface area contributed by atoms with E-state index in [0.717, 1.165) is 19.6 Å². The number of rotatable bonds is 0. The molecule has 0 saturated carbocycles. The first kappa shape index (κ1) is 4.41. The lowest BCUT2D eigenvalue weighted by molar-refractivity contribution is 0.198. The fraction of sp³-hybridized carbons (Fsp3) is 1.00. The van der Waals surface area contributed by atoms with Gasteiger partial charge in [-0.25, -0.2) is 0 Å². The minimum atomic E-state index is 0.296. The van der Waals surface area contributed by atoms with E-state index in [2.05, 4.69) is 0 Å². The average molecular weight is 107 g/mol. The van der Waals surface area contributed by atoms with Crippen molar-refractivity contribution < 1.29 is 4.74 Å². The molecule has 1 rings (SSSR count). The molecule has 1 aliphatic heterocycles. The van der Waals surface area contributed by atoms with Crippen molar-refractivity contribution in [2.45, 2.75) is 11.8 Å². The zero-order chi connectivity index (χ0) is 4.41. The summed E-state index contributed by atoms with van der Waals surface area (Å²) < 4.78 is 4.92. The highest BCUT2D eigenvalue weighted by Gasteiger charge is 2.10. The highest BCUT2D eigenvalue weighted by molar-refractivity contribution is 6.20. The number of hydrogen-bond acceptors (Lipinski definition) is 1. The molecule has 0 aromatic carbocycles. The van der Waals surface area contributed by atoms with Gasteiger partial charge in [0.2, 0.25) is 0 Å². The van der Waals surface area contributed by atoms with Gasteiger partial charge in [0.05, 0.1) is 12.0 Å². The van der Waals surface area contributed by atoms with E-state index in [-0.39, 0.29) is 0 Å². The van der Waals surface area contributed by atoms with Crippen LogP contribution in [0.4, 0.5) is 0 Å². The van der Waals surface area contributed by atoms with E-state index >= 15 is 0 Å². The van der Waals surface area contributed by atoms with Crippen LogP contribution >= 0.6 is 11.6 Å². The molecule has 0 bridgehead atoms. The van der Waals surface area contributed by atoms with E-state index in [1.165, 1.54) is 0 Å². The van der Waals surface area contributed by atoms with E-state index in [1.54, 1.807) is 0 Å². The van der Waals surface area contributed by atoms with Crippen molar-refractivity contribution in [3.63, 3.8) is 0 Å². The van der Waals surface area contributed by atoms with Crippen molar-refractivity contribution in [1.82, 2.24) is 0 Å². The van der Waals surface area contributed by atoms with E-state index < -0.39 is 0 Å². The lowest BCUT2D eigenvalue weighted by Gasteiger charge is -1.86. The van der Waals surface area contributed by atoms with Gasteiger partial charge >= 0.3 is 0 Å². The lowest BCUT2D eigenvalue weighted by atomic mass is 10.4. The van der Waals surface area contributed by atoms with Crippen molar-refractivity contribution >= 4 is 11.6 Å². The van der Waals surface area contributed by atoms with E-state index in [4.69, 9.17) is 16.3 Å². The van der Waals surface area contributed by atoms with Crippen LogP contribution in [-0.2, 0) is 4.74 Å². The summed E-state index contributed by atoms with van der Waals surface area (Å²) in [5, 5.41) is 0.296. The molecule has 1 aliphatic rings. The fourth-order valence-electron chi connectivity index (χ4n) is 0.506.